The Kier molecular flexibility index (Phi) is 5.33. The first-order chi connectivity index (χ1) is 12.1. The molecule has 0 radical (unpaired) electrons. The van der Waals surface area contributed by atoms with Gasteiger partial charge in [-0.05, 0) is 18.2 Å². The van der Waals surface area contributed by atoms with Crippen LogP contribution in [-0.4, -0.2) is 25.7 Å². The van der Waals surface area contributed by atoms with E-state index in [1.807, 2.05) is 24.3 Å². The molecule has 2 aromatic carbocycles. The predicted molar refractivity (Wildman–Crippen MR) is 90.8 cm³/mol. The van der Waals surface area contributed by atoms with Gasteiger partial charge in [0.1, 0.15) is 18.1 Å². The Bertz CT molecular complexity index is 768. The first kappa shape index (κ1) is 17.0. The van der Waals surface area contributed by atoms with Crippen molar-refractivity contribution in [3.63, 3.8) is 0 Å². The third-order valence-electron chi connectivity index (χ3n) is 3.81. The minimum atomic E-state index is -0.944. The van der Waals surface area contributed by atoms with E-state index in [0.717, 1.165) is 29.9 Å². The van der Waals surface area contributed by atoms with E-state index in [1.54, 1.807) is 0 Å². The molecule has 3 rings (SSSR count). The summed E-state index contributed by atoms with van der Waals surface area (Å²) in [6.07, 6.45) is 0.790. The SMILES string of the molecule is NC(=NCCOc1ccc(F)c(F)c1)NC1CCOc2ccccc21. The van der Waals surface area contributed by atoms with Crippen LogP contribution in [-0.2, 0) is 0 Å². The molecule has 0 amide bonds. The maximum Gasteiger partial charge on any atom is 0.189 e. The molecule has 25 heavy (non-hydrogen) atoms. The lowest BCUT2D eigenvalue weighted by Gasteiger charge is -2.26. The van der Waals surface area contributed by atoms with Gasteiger partial charge in [-0.3, -0.25) is 0 Å². The van der Waals surface area contributed by atoms with E-state index in [2.05, 4.69) is 10.3 Å². The Balaban J connectivity index is 1.50. The Morgan fingerprint density at radius 3 is 2.92 bits per heavy atom. The van der Waals surface area contributed by atoms with Crippen molar-refractivity contribution in [1.82, 2.24) is 5.32 Å². The van der Waals surface area contributed by atoms with Gasteiger partial charge in [0.25, 0.3) is 0 Å². The van der Waals surface area contributed by atoms with Crippen molar-refractivity contribution < 1.29 is 18.3 Å². The molecule has 5 nitrogen and oxygen atoms in total. The third-order valence-corrected chi connectivity index (χ3v) is 3.81. The highest BCUT2D eigenvalue weighted by Gasteiger charge is 2.21. The lowest BCUT2D eigenvalue weighted by atomic mass is 10.0. The first-order valence-corrected chi connectivity index (χ1v) is 7.99. The number of nitrogens with zero attached hydrogens (tertiary/aromatic N) is 1. The molecule has 0 saturated heterocycles. The van der Waals surface area contributed by atoms with Crippen molar-refractivity contribution in [3.8, 4) is 11.5 Å². The zero-order valence-electron chi connectivity index (χ0n) is 13.5. The zero-order valence-corrected chi connectivity index (χ0v) is 13.5. The topological polar surface area (TPSA) is 68.9 Å². The number of aliphatic imine (C=N–C) groups is 1. The molecule has 132 valence electrons. The summed E-state index contributed by atoms with van der Waals surface area (Å²) < 4.78 is 36.8. The summed E-state index contributed by atoms with van der Waals surface area (Å²) in [5, 5.41) is 3.17. The first-order valence-electron chi connectivity index (χ1n) is 7.99. The molecule has 0 bridgehead atoms. The van der Waals surface area contributed by atoms with E-state index >= 15 is 0 Å². The van der Waals surface area contributed by atoms with Crippen molar-refractivity contribution in [1.29, 1.82) is 0 Å². The second-order valence-corrected chi connectivity index (χ2v) is 5.56. The van der Waals surface area contributed by atoms with Gasteiger partial charge in [0.2, 0.25) is 0 Å². The molecule has 0 aromatic heterocycles. The summed E-state index contributed by atoms with van der Waals surface area (Å²) in [4.78, 5) is 4.20. The predicted octanol–water partition coefficient (Wildman–Crippen LogP) is 2.77. The molecule has 0 saturated carbocycles. The molecule has 1 aliphatic rings. The number of fused-ring (bicyclic) bond motifs is 1. The molecular weight excluding hydrogens is 328 g/mol. The number of guanidine groups is 1. The van der Waals surface area contributed by atoms with Gasteiger partial charge in [0.15, 0.2) is 17.6 Å². The molecule has 1 heterocycles. The maximum absolute atomic E-state index is 13.1. The van der Waals surface area contributed by atoms with E-state index < -0.39 is 11.6 Å². The molecule has 1 unspecified atom stereocenters. The highest BCUT2D eigenvalue weighted by molar-refractivity contribution is 5.78. The van der Waals surface area contributed by atoms with Crippen LogP contribution in [0.15, 0.2) is 47.5 Å². The summed E-state index contributed by atoms with van der Waals surface area (Å²) in [6.45, 7) is 1.11. The van der Waals surface area contributed by atoms with Crippen molar-refractivity contribution in [2.75, 3.05) is 19.8 Å². The van der Waals surface area contributed by atoms with Crippen LogP contribution in [0.4, 0.5) is 8.78 Å². The average Bonchev–Trinajstić information content (AvgIpc) is 2.62. The summed E-state index contributed by atoms with van der Waals surface area (Å²) in [5.74, 6) is -0.453. The van der Waals surface area contributed by atoms with Crippen LogP contribution >= 0.6 is 0 Å². The fourth-order valence-corrected chi connectivity index (χ4v) is 2.61. The monoisotopic (exact) mass is 347 g/mol. The minimum absolute atomic E-state index is 0.0424. The molecule has 7 heteroatoms. The summed E-state index contributed by atoms with van der Waals surface area (Å²) in [7, 11) is 0. The number of rotatable bonds is 5. The molecule has 0 spiro atoms. The van der Waals surface area contributed by atoms with Crippen molar-refractivity contribution >= 4 is 5.96 Å². The lowest BCUT2D eigenvalue weighted by molar-refractivity contribution is 0.262. The van der Waals surface area contributed by atoms with Gasteiger partial charge in [0.05, 0.1) is 19.2 Å². The Labute approximate surface area is 144 Å². The Morgan fingerprint density at radius 1 is 1.24 bits per heavy atom. The number of benzene rings is 2. The quantitative estimate of drug-likeness (QED) is 0.496. The molecule has 2 aromatic rings. The number of hydrogen-bond donors (Lipinski definition) is 2. The van der Waals surface area contributed by atoms with Crippen molar-refractivity contribution in [2.24, 2.45) is 10.7 Å². The van der Waals surface area contributed by atoms with E-state index in [0.29, 0.717) is 19.1 Å². The smallest absolute Gasteiger partial charge is 0.189 e. The van der Waals surface area contributed by atoms with Gasteiger partial charge in [0, 0.05) is 18.1 Å². The second-order valence-electron chi connectivity index (χ2n) is 5.56. The van der Waals surface area contributed by atoms with Gasteiger partial charge < -0.3 is 20.5 Å². The van der Waals surface area contributed by atoms with E-state index in [9.17, 15) is 8.78 Å². The van der Waals surface area contributed by atoms with E-state index in [1.165, 1.54) is 6.07 Å². The summed E-state index contributed by atoms with van der Waals surface area (Å²) in [5.41, 5.74) is 6.96. The zero-order chi connectivity index (χ0) is 17.6. The summed E-state index contributed by atoms with van der Waals surface area (Å²) in [6, 6.07) is 11.2. The summed E-state index contributed by atoms with van der Waals surface area (Å²) >= 11 is 0. The second kappa shape index (κ2) is 7.83. The number of nitrogens with one attached hydrogen (secondary N) is 1. The van der Waals surface area contributed by atoms with Gasteiger partial charge in [-0.15, -0.1) is 0 Å². The number of hydrogen-bond acceptors (Lipinski definition) is 3. The van der Waals surface area contributed by atoms with Gasteiger partial charge >= 0.3 is 0 Å². The molecule has 3 N–H and O–H groups in total. The van der Waals surface area contributed by atoms with Crippen LogP contribution < -0.4 is 20.5 Å². The van der Waals surface area contributed by atoms with Crippen LogP contribution in [0.3, 0.4) is 0 Å². The molecule has 0 fully saturated rings. The fraction of sp³-hybridized carbons (Fsp3) is 0.278. The maximum atomic E-state index is 13.1. The standard InChI is InChI=1S/C18H19F2N3O2/c19-14-6-5-12(11-15(14)20)24-10-8-22-18(21)23-16-7-9-25-17-4-2-1-3-13(16)17/h1-6,11,16H,7-10H2,(H3,21,22,23). The third kappa shape index (κ3) is 4.37. The Hall–Kier alpha value is -2.83. The minimum Gasteiger partial charge on any atom is -0.493 e. The van der Waals surface area contributed by atoms with Crippen LogP contribution in [0.1, 0.15) is 18.0 Å². The highest BCUT2D eigenvalue weighted by Crippen LogP contribution is 2.31. The lowest BCUT2D eigenvalue weighted by Crippen LogP contribution is -2.37. The van der Waals surface area contributed by atoms with Crippen molar-refractivity contribution in [3.05, 3.63) is 59.7 Å². The average molecular weight is 347 g/mol. The molecular formula is C18H19F2N3O2. The Morgan fingerprint density at radius 2 is 2.08 bits per heavy atom. The fourth-order valence-electron chi connectivity index (χ4n) is 2.61. The molecule has 1 atom stereocenters. The van der Waals surface area contributed by atoms with Gasteiger partial charge in [-0.1, -0.05) is 18.2 Å². The van der Waals surface area contributed by atoms with Crippen LogP contribution in [0.25, 0.3) is 0 Å². The molecule has 1 aliphatic heterocycles. The van der Waals surface area contributed by atoms with Crippen LogP contribution in [0.2, 0.25) is 0 Å². The normalized spacial score (nSPS) is 16.7. The number of halogens is 2. The van der Waals surface area contributed by atoms with Crippen LogP contribution in [0.5, 0.6) is 11.5 Å². The molecule has 0 aliphatic carbocycles. The number of nitrogens with two attached hydrogens (primary N) is 1. The highest BCUT2D eigenvalue weighted by atomic mass is 19.2. The van der Waals surface area contributed by atoms with E-state index in [-0.39, 0.29) is 18.4 Å². The van der Waals surface area contributed by atoms with Crippen molar-refractivity contribution in [2.45, 2.75) is 12.5 Å². The number of ether oxygens (including phenoxy) is 2. The number of para-hydroxylation sites is 1. The van der Waals surface area contributed by atoms with Gasteiger partial charge in [-0.25, -0.2) is 13.8 Å². The largest absolute Gasteiger partial charge is 0.493 e. The van der Waals surface area contributed by atoms with Crippen LogP contribution in [0, 0.1) is 11.6 Å². The van der Waals surface area contributed by atoms with E-state index in [4.69, 9.17) is 15.2 Å². The van der Waals surface area contributed by atoms with Gasteiger partial charge in [-0.2, -0.15) is 0 Å².